The van der Waals surface area contributed by atoms with Gasteiger partial charge in [0.05, 0.1) is 11.3 Å². The Labute approximate surface area is 116 Å². The second kappa shape index (κ2) is 5.09. The number of benzene rings is 1. The first-order valence-electron chi connectivity index (χ1n) is 6.87. The van der Waals surface area contributed by atoms with Crippen LogP contribution in [0.25, 0.3) is 0 Å². The van der Waals surface area contributed by atoms with E-state index in [0.29, 0.717) is 0 Å². The van der Waals surface area contributed by atoms with Gasteiger partial charge in [-0.2, -0.15) is 5.26 Å². The smallest absolute Gasteiger partial charge is 0.101 e. The minimum absolute atomic E-state index is 0.260. The Hall–Kier alpha value is -1.75. The van der Waals surface area contributed by atoms with Crippen LogP contribution in [0, 0.1) is 23.7 Å². The van der Waals surface area contributed by atoms with Crippen molar-refractivity contribution in [2.24, 2.45) is 5.41 Å². The molecule has 0 spiro atoms. The van der Waals surface area contributed by atoms with Crippen molar-refractivity contribution in [1.82, 2.24) is 0 Å². The Kier molecular flexibility index (Phi) is 3.66. The van der Waals surface area contributed by atoms with Gasteiger partial charge < -0.3 is 4.90 Å². The van der Waals surface area contributed by atoms with Gasteiger partial charge in [0.1, 0.15) is 6.07 Å². The van der Waals surface area contributed by atoms with E-state index < -0.39 is 0 Å². The first kappa shape index (κ1) is 13.7. The molecule has 1 aromatic rings. The van der Waals surface area contributed by atoms with Crippen molar-refractivity contribution in [2.45, 2.75) is 34.1 Å². The lowest BCUT2D eigenvalue weighted by molar-refractivity contribution is 0.472. The Balaban J connectivity index is 2.28. The maximum absolute atomic E-state index is 9.26. The molecular formula is C17H22N2. The molecule has 0 amide bonds. The van der Waals surface area contributed by atoms with Gasteiger partial charge in [-0.3, -0.25) is 0 Å². The molecule has 1 aliphatic rings. The molecule has 1 aliphatic heterocycles. The molecule has 0 fully saturated rings. The van der Waals surface area contributed by atoms with Crippen molar-refractivity contribution >= 4 is 5.69 Å². The molecule has 100 valence electrons. The molecule has 2 heteroatoms. The van der Waals surface area contributed by atoms with Crippen molar-refractivity contribution in [3.05, 3.63) is 41.0 Å². The largest absolute Gasteiger partial charge is 0.366 e. The Morgan fingerprint density at radius 1 is 1.26 bits per heavy atom. The zero-order valence-electron chi connectivity index (χ0n) is 12.3. The van der Waals surface area contributed by atoms with Gasteiger partial charge in [-0.15, -0.1) is 0 Å². The first-order valence-corrected chi connectivity index (χ1v) is 6.87. The van der Waals surface area contributed by atoms with E-state index in [-0.39, 0.29) is 5.41 Å². The summed E-state index contributed by atoms with van der Waals surface area (Å²) in [7, 11) is 0. The number of aryl methyl sites for hydroxylation is 1. The van der Waals surface area contributed by atoms with Crippen LogP contribution in [-0.4, -0.2) is 13.1 Å². The normalized spacial score (nSPS) is 15.9. The van der Waals surface area contributed by atoms with Crippen LogP contribution in [0.1, 0.15) is 38.3 Å². The molecule has 0 aromatic heterocycles. The number of para-hydroxylation sites is 1. The lowest BCUT2D eigenvalue weighted by Gasteiger charge is -2.34. The van der Waals surface area contributed by atoms with Crippen LogP contribution in [0.2, 0.25) is 0 Å². The van der Waals surface area contributed by atoms with E-state index in [0.717, 1.165) is 30.8 Å². The van der Waals surface area contributed by atoms with E-state index in [2.05, 4.69) is 50.8 Å². The lowest BCUT2D eigenvalue weighted by atomic mass is 9.83. The van der Waals surface area contributed by atoms with Crippen LogP contribution in [0.4, 0.5) is 5.69 Å². The van der Waals surface area contributed by atoms with Gasteiger partial charge in [-0.25, -0.2) is 0 Å². The van der Waals surface area contributed by atoms with Crippen LogP contribution in [-0.2, 0) is 0 Å². The molecule has 0 unspecified atom stereocenters. The summed E-state index contributed by atoms with van der Waals surface area (Å²) in [5.74, 6) is 0. The third-order valence-electron chi connectivity index (χ3n) is 3.85. The highest BCUT2D eigenvalue weighted by atomic mass is 15.1. The molecule has 0 bridgehead atoms. The molecule has 2 rings (SSSR count). The molecule has 2 nitrogen and oxygen atoms in total. The molecule has 0 aliphatic carbocycles. The summed E-state index contributed by atoms with van der Waals surface area (Å²) in [6, 6.07) is 8.26. The number of hydrogen-bond donors (Lipinski definition) is 0. The highest BCUT2D eigenvalue weighted by Crippen LogP contribution is 2.33. The van der Waals surface area contributed by atoms with Crippen molar-refractivity contribution in [3.8, 4) is 6.07 Å². The fourth-order valence-electron chi connectivity index (χ4n) is 2.72. The first-order chi connectivity index (χ1) is 8.93. The van der Waals surface area contributed by atoms with E-state index in [1.54, 1.807) is 0 Å². The molecule has 0 atom stereocenters. The van der Waals surface area contributed by atoms with Crippen molar-refractivity contribution in [3.63, 3.8) is 0 Å². The van der Waals surface area contributed by atoms with E-state index in [4.69, 9.17) is 0 Å². The summed E-state index contributed by atoms with van der Waals surface area (Å²) >= 11 is 0. The summed E-state index contributed by atoms with van der Waals surface area (Å²) in [6.07, 6.45) is 3.42. The van der Waals surface area contributed by atoms with Crippen molar-refractivity contribution in [1.29, 1.82) is 5.26 Å². The number of nitrogens with zero attached hydrogens (tertiary/aromatic N) is 2. The Morgan fingerprint density at radius 3 is 2.53 bits per heavy atom. The van der Waals surface area contributed by atoms with Gasteiger partial charge in [0.25, 0.3) is 0 Å². The molecule has 1 heterocycles. The highest BCUT2D eigenvalue weighted by Gasteiger charge is 2.23. The van der Waals surface area contributed by atoms with Gasteiger partial charge >= 0.3 is 0 Å². The van der Waals surface area contributed by atoms with Crippen LogP contribution < -0.4 is 4.90 Å². The summed E-state index contributed by atoms with van der Waals surface area (Å²) in [6.45, 7) is 10.8. The fraction of sp³-hybridized carbons (Fsp3) is 0.471. The molecule has 0 N–H and O–H groups in total. The van der Waals surface area contributed by atoms with E-state index >= 15 is 0 Å². The average Bonchev–Trinajstić information content (AvgIpc) is 2.37. The number of nitriles is 1. The van der Waals surface area contributed by atoms with Gasteiger partial charge in [-0.1, -0.05) is 44.6 Å². The van der Waals surface area contributed by atoms with E-state index in [1.807, 2.05) is 12.1 Å². The second-order valence-corrected chi connectivity index (χ2v) is 6.26. The topological polar surface area (TPSA) is 27.0 Å². The predicted molar refractivity (Wildman–Crippen MR) is 80.3 cm³/mol. The van der Waals surface area contributed by atoms with Gasteiger partial charge in [0.2, 0.25) is 0 Å². The molecule has 0 radical (unpaired) electrons. The van der Waals surface area contributed by atoms with Crippen molar-refractivity contribution in [2.75, 3.05) is 18.0 Å². The zero-order chi connectivity index (χ0) is 14.0. The Morgan fingerprint density at radius 2 is 2.00 bits per heavy atom. The summed E-state index contributed by atoms with van der Waals surface area (Å²) in [4.78, 5) is 2.32. The lowest BCUT2D eigenvalue weighted by Crippen LogP contribution is -2.32. The standard InChI is InChI=1S/C17H22N2/c1-13-6-5-7-14(12-18)16(13)19-10-8-15(9-11-19)17(2,3)4/h5-8H,9-11H2,1-4H3. The molecule has 1 aromatic carbocycles. The maximum Gasteiger partial charge on any atom is 0.101 e. The third-order valence-corrected chi connectivity index (χ3v) is 3.85. The predicted octanol–water partition coefficient (Wildman–Crippen LogP) is 4.05. The average molecular weight is 254 g/mol. The fourth-order valence-corrected chi connectivity index (χ4v) is 2.72. The Bertz CT molecular complexity index is 541. The minimum atomic E-state index is 0.260. The van der Waals surface area contributed by atoms with Crippen LogP contribution in [0.3, 0.4) is 0 Å². The monoisotopic (exact) mass is 254 g/mol. The zero-order valence-corrected chi connectivity index (χ0v) is 12.3. The maximum atomic E-state index is 9.26. The third kappa shape index (κ3) is 2.81. The van der Waals surface area contributed by atoms with Gasteiger partial charge in [0, 0.05) is 13.1 Å². The van der Waals surface area contributed by atoms with Crippen LogP contribution in [0.15, 0.2) is 29.8 Å². The van der Waals surface area contributed by atoms with Crippen LogP contribution in [0.5, 0.6) is 0 Å². The molecule has 0 saturated carbocycles. The summed E-state index contributed by atoms with van der Waals surface area (Å²) in [5, 5.41) is 9.26. The molecule has 19 heavy (non-hydrogen) atoms. The summed E-state index contributed by atoms with van der Waals surface area (Å²) < 4.78 is 0. The number of hydrogen-bond acceptors (Lipinski definition) is 2. The molecule has 0 saturated heterocycles. The van der Waals surface area contributed by atoms with E-state index in [9.17, 15) is 5.26 Å². The SMILES string of the molecule is Cc1cccc(C#N)c1N1CC=C(C(C)(C)C)CC1. The number of anilines is 1. The van der Waals surface area contributed by atoms with Gasteiger partial charge in [0.15, 0.2) is 0 Å². The summed E-state index contributed by atoms with van der Waals surface area (Å²) in [5.41, 5.74) is 4.86. The highest BCUT2D eigenvalue weighted by molar-refractivity contribution is 5.64. The second-order valence-electron chi connectivity index (χ2n) is 6.26. The van der Waals surface area contributed by atoms with Crippen LogP contribution >= 0.6 is 0 Å². The quantitative estimate of drug-likeness (QED) is 0.707. The van der Waals surface area contributed by atoms with E-state index in [1.165, 1.54) is 11.1 Å². The van der Waals surface area contributed by atoms with Gasteiger partial charge in [-0.05, 0) is 30.4 Å². The molecular weight excluding hydrogens is 232 g/mol. The van der Waals surface area contributed by atoms with Crippen molar-refractivity contribution < 1.29 is 0 Å². The number of rotatable bonds is 1. The minimum Gasteiger partial charge on any atom is -0.366 e.